The van der Waals surface area contributed by atoms with Crippen molar-refractivity contribution in [2.24, 2.45) is 15.2 Å². The van der Waals surface area contributed by atoms with E-state index in [4.69, 9.17) is 11.6 Å². The number of non-ortho nitro benzene ring substituents is 1. The lowest BCUT2D eigenvalue weighted by Crippen LogP contribution is -2.16. The van der Waals surface area contributed by atoms with Crippen LogP contribution in [-0.2, 0) is 30.4 Å². The number of nitrogens with zero attached hydrogens (tertiary/aromatic N) is 6. The van der Waals surface area contributed by atoms with E-state index in [0.29, 0.717) is 6.07 Å². The number of H-pyrrole nitrogens is 1. The summed E-state index contributed by atoms with van der Waals surface area (Å²) < 4.78 is 103. The number of fused-ring (bicyclic) bond motifs is 1. The summed E-state index contributed by atoms with van der Waals surface area (Å²) >= 11 is 6.16. The minimum absolute atomic E-state index is 0.0315. The molecule has 308 valence electrons. The molecule has 0 spiro atoms. The second kappa shape index (κ2) is 16.3. The zero-order valence-corrected chi connectivity index (χ0v) is 32.6. The van der Waals surface area contributed by atoms with Crippen LogP contribution < -0.4 is 10.9 Å². The van der Waals surface area contributed by atoms with Crippen LogP contribution >= 0.6 is 11.6 Å². The number of carboxylic acids is 1. The predicted octanol–water partition coefficient (Wildman–Crippen LogP) is 6.23. The standard InChI is InChI=1S/C34H23ClN8O14S3/c35-32-38-33(36-20-10-12-23-19(13-20)14-28(60(55,56)57)29(30(23)44)42-41-25-4-2-1-3-24(25)31(45)46)40-34(39-32)37-21-9-7-17(26(15-21)58(49,50)51)5-6-18-8-11-22(43(47)48)16-27(18)59(52,53)54/h1-16,44H,(H,45,46)(H,49,50,51)(H,52,53,54)(H,55,56,57)(H2,36,37,38,39,40). The highest BCUT2D eigenvalue weighted by Gasteiger charge is 2.23. The number of benzene rings is 5. The first-order chi connectivity index (χ1) is 28.1. The van der Waals surface area contributed by atoms with Gasteiger partial charge in [-0.05, 0) is 82.7 Å². The number of azo groups is 1. The molecule has 0 saturated carbocycles. The Morgan fingerprint density at radius 3 is 2.07 bits per heavy atom. The second-order valence-corrected chi connectivity index (χ2v) is 16.5. The van der Waals surface area contributed by atoms with E-state index in [-0.39, 0.29) is 61.4 Å². The molecular formula is C34H23ClN8O14S3. The number of nitro groups is 1. The number of nitro benzene ring substituents is 1. The topological polar surface area (TPSA) is 354 Å². The lowest BCUT2D eigenvalue weighted by molar-refractivity contribution is -0.385. The first kappa shape index (κ1) is 42.6. The molecule has 1 heterocycles. The number of aromatic nitrogens is 3. The van der Waals surface area contributed by atoms with Crippen molar-refractivity contribution < 1.29 is 58.8 Å². The zero-order chi connectivity index (χ0) is 43.7. The fraction of sp³-hybridized carbons (Fsp3) is 0. The highest BCUT2D eigenvalue weighted by molar-refractivity contribution is 7.86. The van der Waals surface area contributed by atoms with Gasteiger partial charge in [0.05, 0.1) is 16.2 Å². The number of aromatic carboxylic acids is 1. The van der Waals surface area contributed by atoms with Gasteiger partial charge in [-0.3, -0.25) is 28.8 Å². The highest BCUT2D eigenvalue weighted by atomic mass is 35.5. The Morgan fingerprint density at radius 2 is 1.43 bits per heavy atom. The third kappa shape index (κ3) is 9.64. The Morgan fingerprint density at radius 1 is 0.800 bits per heavy atom. The van der Waals surface area contributed by atoms with E-state index in [1.54, 1.807) is 0 Å². The van der Waals surface area contributed by atoms with Gasteiger partial charge in [0.2, 0.25) is 16.9 Å². The van der Waals surface area contributed by atoms with Crippen molar-refractivity contribution in [2.75, 3.05) is 5.32 Å². The second-order valence-electron chi connectivity index (χ2n) is 12.0. The summed E-state index contributed by atoms with van der Waals surface area (Å²) in [7, 11) is -15.0. The Labute approximate surface area is 341 Å². The molecule has 6 rings (SSSR count). The Balaban J connectivity index is 1.34. The smallest absolute Gasteiger partial charge is 0.337 e. The van der Waals surface area contributed by atoms with Gasteiger partial charge >= 0.3 is 5.97 Å². The van der Waals surface area contributed by atoms with Gasteiger partial charge in [-0.15, -0.1) is 10.2 Å². The van der Waals surface area contributed by atoms with Gasteiger partial charge in [0.1, 0.15) is 26.1 Å². The van der Waals surface area contributed by atoms with Gasteiger partial charge < -0.3 is 15.5 Å². The number of hydrogen-bond acceptors (Lipinski definition) is 16. The van der Waals surface area contributed by atoms with Gasteiger partial charge in [0.25, 0.3) is 36.0 Å². The van der Waals surface area contributed by atoms with E-state index >= 15 is 0 Å². The van der Waals surface area contributed by atoms with Gasteiger partial charge in [0, 0.05) is 23.2 Å². The molecule has 0 radical (unpaired) electrons. The monoisotopic (exact) mass is 898 g/mol. The van der Waals surface area contributed by atoms with E-state index in [2.05, 4.69) is 35.5 Å². The van der Waals surface area contributed by atoms with Crippen LogP contribution in [-0.4, -0.2) is 75.0 Å². The number of nitrogens with one attached hydrogen (secondary N) is 2. The number of hydrogen-bond donors (Lipinski definition) is 7. The average molecular weight is 899 g/mol. The van der Waals surface area contributed by atoms with Crippen molar-refractivity contribution in [1.29, 1.82) is 0 Å². The van der Waals surface area contributed by atoms with Crippen molar-refractivity contribution in [3.63, 3.8) is 0 Å². The summed E-state index contributed by atoms with van der Waals surface area (Å²) in [6.07, 6.45) is 2.10. The molecule has 7 N–H and O–H groups in total. The molecule has 0 bridgehead atoms. The molecular weight excluding hydrogens is 876 g/mol. The van der Waals surface area contributed by atoms with Crippen LogP contribution in [0, 0.1) is 10.1 Å². The Kier molecular flexibility index (Phi) is 11.6. The zero-order valence-electron chi connectivity index (χ0n) is 29.4. The van der Waals surface area contributed by atoms with E-state index < -0.39 is 73.1 Å². The largest absolute Gasteiger partial charge is 0.505 e. The van der Waals surface area contributed by atoms with Gasteiger partial charge in [-0.1, -0.05) is 30.4 Å². The minimum atomic E-state index is -5.05. The molecule has 0 aliphatic carbocycles. The van der Waals surface area contributed by atoms with Gasteiger partial charge in [-0.2, -0.15) is 35.2 Å². The first-order valence-corrected chi connectivity index (χ1v) is 20.8. The molecule has 0 amide bonds. The fourth-order valence-corrected chi connectivity index (χ4v) is 7.66. The maximum atomic E-state index is 12.4. The molecule has 1 aromatic heterocycles. The lowest BCUT2D eigenvalue weighted by atomic mass is 10.1. The summed E-state index contributed by atoms with van der Waals surface area (Å²) in [5.74, 6) is -2.29. The number of carbonyl (C=O) groups is 1. The van der Waals surface area contributed by atoms with E-state index in [0.717, 1.165) is 36.4 Å². The SMILES string of the molecule is O=C(O)c1ccccc1N=Nc1c(S(=O)(=O)O)cc2cc(Nc3nc(Cl)[nH]c(=Nc4ccc(C=Cc5ccc([N+](=O)[O-])cc5S(=O)(=O)O)c(S(=O)(=O)O)c4)n3)ccc2c1O. The Hall–Kier alpha value is -7.00. The molecule has 0 aliphatic heterocycles. The molecule has 26 heteroatoms. The van der Waals surface area contributed by atoms with Crippen LogP contribution in [0.25, 0.3) is 22.9 Å². The third-order valence-electron chi connectivity index (χ3n) is 8.05. The number of phenols is 1. The van der Waals surface area contributed by atoms with E-state index in [9.17, 15) is 64.0 Å². The number of rotatable bonds is 12. The van der Waals surface area contributed by atoms with Crippen LogP contribution in [0.15, 0.2) is 115 Å². The molecule has 0 fully saturated rings. The van der Waals surface area contributed by atoms with Crippen molar-refractivity contribution in [3.8, 4) is 5.75 Å². The first-order valence-electron chi connectivity index (χ1n) is 16.1. The van der Waals surface area contributed by atoms with Crippen molar-refractivity contribution in [3.05, 3.63) is 123 Å². The normalized spacial score (nSPS) is 12.7. The van der Waals surface area contributed by atoms with Crippen molar-refractivity contribution in [1.82, 2.24) is 15.0 Å². The molecule has 6 aromatic rings. The predicted molar refractivity (Wildman–Crippen MR) is 211 cm³/mol. The summed E-state index contributed by atoms with van der Waals surface area (Å²) in [4.78, 5) is 34.3. The number of aromatic hydroxyl groups is 1. The van der Waals surface area contributed by atoms with Crippen LogP contribution in [0.1, 0.15) is 21.5 Å². The molecule has 22 nitrogen and oxygen atoms in total. The van der Waals surface area contributed by atoms with E-state index in [1.165, 1.54) is 54.6 Å². The molecule has 0 aliphatic rings. The quantitative estimate of drug-likeness (QED) is 0.0235. The summed E-state index contributed by atoms with van der Waals surface area (Å²) in [6, 6.07) is 16.4. The number of halogens is 1. The summed E-state index contributed by atoms with van der Waals surface area (Å²) in [6.45, 7) is 0. The Bertz CT molecular complexity index is 3270. The molecule has 0 saturated heterocycles. The summed E-state index contributed by atoms with van der Waals surface area (Å²) in [5.41, 5.74) is -2.41. The van der Waals surface area contributed by atoms with Crippen LogP contribution in [0.3, 0.4) is 0 Å². The minimum Gasteiger partial charge on any atom is -0.505 e. The van der Waals surface area contributed by atoms with Crippen LogP contribution in [0.4, 0.5) is 34.4 Å². The molecule has 0 atom stereocenters. The maximum Gasteiger partial charge on any atom is 0.337 e. The third-order valence-corrected chi connectivity index (χ3v) is 10.9. The molecule has 5 aromatic carbocycles. The van der Waals surface area contributed by atoms with Crippen LogP contribution in [0.5, 0.6) is 5.75 Å². The average Bonchev–Trinajstić information content (AvgIpc) is 3.15. The maximum absolute atomic E-state index is 12.4. The highest BCUT2D eigenvalue weighted by Crippen LogP contribution is 2.42. The lowest BCUT2D eigenvalue weighted by Gasteiger charge is -2.11. The fourth-order valence-electron chi connectivity index (χ4n) is 5.43. The number of carboxylic acid groups (broad SMARTS) is 1. The number of anilines is 2. The number of aromatic amines is 1. The summed E-state index contributed by atoms with van der Waals surface area (Å²) in [5, 5.41) is 41.7. The van der Waals surface area contributed by atoms with Crippen LogP contribution in [0.2, 0.25) is 5.28 Å². The van der Waals surface area contributed by atoms with E-state index in [1.807, 2.05) is 0 Å². The van der Waals surface area contributed by atoms with Gasteiger partial charge in [-0.25, -0.2) is 9.79 Å². The van der Waals surface area contributed by atoms with Crippen molar-refractivity contribution >= 4 is 105 Å². The molecule has 0 unspecified atom stereocenters. The molecule has 60 heavy (non-hydrogen) atoms. The number of phenolic OH excluding ortho intramolecular Hbond substituents is 1. The van der Waals surface area contributed by atoms with Gasteiger partial charge in [0.15, 0.2) is 5.75 Å². The van der Waals surface area contributed by atoms with Crippen molar-refractivity contribution in [2.45, 2.75) is 14.7 Å².